The number of carboxylic acids is 1. The highest BCUT2D eigenvalue weighted by Crippen LogP contribution is 2.27. The molecule has 0 unspecified atom stereocenters. The normalized spacial score (nSPS) is 13.8. The van der Waals surface area contributed by atoms with E-state index in [9.17, 15) is 18.0 Å². The van der Waals surface area contributed by atoms with Gasteiger partial charge in [-0.05, 0) is 37.8 Å². The van der Waals surface area contributed by atoms with Crippen molar-refractivity contribution in [1.29, 1.82) is 0 Å². The van der Waals surface area contributed by atoms with Crippen molar-refractivity contribution in [3.05, 3.63) is 34.9 Å². The van der Waals surface area contributed by atoms with Gasteiger partial charge in [0.25, 0.3) is 5.91 Å². The Morgan fingerprint density at radius 1 is 1.23 bits per heavy atom. The zero-order valence-corrected chi connectivity index (χ0v) is 17.2. The number of piperidine rings is 1. The van der Waals surface area contributed by atoms with Gasteiger partial charge in [-0.1, -0.05) is 11.6 Å². The van der Waals surface area contributed by atoms with Crippen molar-refractivity contribution < 1.29 is 27.9 Å². The number of halogens is 4. The van der Waals surface area contributed by atoms with Crippen LogP contribution in [0.5, 0.6) is 0 Å². The molecule has 1 aliphatic rings. The first kappa shape index (κ1) is 24.1. The van der Waals surface area contributed by atoms with Crippen LogP contribution in [0.4, 0.5) is 30.5 Å². The van der Waals surface area contributed by atoms with E-state index in [1.54, 1.807) is 18.5 Å². The Morgan fingerprint density at radius 3 is 2.39 bits per heavy atom. The molecule has 9 nitrogen and oxygen atoms in total. The zero-order chi connectivity index (χ0) is 23.2. The summed E-state index contributed by atoms with van der Waals surface area (Å²) < 4.78 is 31.7. The van der Waals surface area contributed by atoms with Gasteiger partial charge in [-0.3, -0.25) is 9.78 Å². The summed E-state index contributed by atoms with van der Waals surface area (Å²) in [5.74, 6) is -2.60. The molecular formula is C18H20ClF3N6O3. The smallest absolute Gasteiger partial charge is 0.475 e. The number of carboxylic acid groups (broad SMARTS) is 1. The van der Waals surface area contributed by atoms with Gasteiger partial charge in [0.1, 0.15) is 0 Å². The van der Waals surface area contributed by atoms with E-state index >= 15 is 0 Å². The van der Waals surface area contributed by atoms with Crippen LogP contribution in [-0.2, 0) is 4.79 Å². The van der Waals surface area contributed by atoms with E-state index in [0.717, 1.165) is 31.5 Å². The standard InChI is InChI=1S/C16H19ClN6O.C2HF3O2/c1-10-5-6-19-9-11(10)20-16(24)12-14(18)22-15(13(17)21-12)23-7-3-2-4-8-23;3-2(4,5)1(6)7/h5-6,9H,2-4,7-8H2,1H3,(H2,18,22)(H,20,24);(H,6,7). The van der Waals surface area contributed by atoms with Gasteiger partial charge in [0.2, 0.25) is 0 Å². The van der Waals surface area contributed by atoms with Crippen LogP contribution < -0.4 is 16.0 Å². The quantitative estimate of drug-likeness (QED) is 0.635. The first-order valence-corrected chi connectivity index (χ1v) is 9.48. The third kappa shape index (κ3) is 6.67. The van der Waals surface area contributed by atoms with Crippen molar-refractivity contribution in [2.24, 2.45) is 0 Å². The van der Waals surface area contributed by atoms with Crippen LogP contribution in [0.2, 0.25) is 5.15 Å². The number of hydrogen-bond acceptors (Lipinski definition) is 7. The molecule has 4 N–H and O–H groups in total. The van der Waals surface area contributed by atoms with Crippen molar-refractivity contribution >= 4 is 40.8 Å². The van der Waals surface area contributed by atoms with Crippen molar-refractivity contribution in [3.63, 3.8) is 0 Å². The lowest BCUT2D eigenvalue weighted by Crippen LogP contribution is -2.31. The van der Waals surface area contributed by atoms with Crippen LogP contribution in [0.25, 0.3) is 0 Å². The molecule has 0 aromatic carbocycles. The second kappa shape index (κ2) is 10.2. The maximum Gasteiger partial charge on any atom is 0.490 e. The third-order valence-corrected chi connectivity index (χ3v) is 4.52. The fourth-order valence-corrected chi connectivity index (χ4v) is 2.92. The van der Waals surface area contributed by atoms with E-state index < -0.39 is 18.1 Å². The second-order valence-electron chi connectivity index (χ2n) is 6.57. The van der Waals surface area contributed by atoms with E-state index in [-0.39, 0.29) is 16.7 Å². The van der Waals surface area contributed by atoms with Gasteiger partial charge in [0, 0.05) is 19.3 Å². The van der Waals surface area contributed by atoms with Gasteiger partial charge in [0.05, 0.1) is 11.9 Å². The van der Waals surface area contributed by atoms with Crippen LogP contribution in [0.3, 0.4) is 0 Å². The molecule has 1 fully saturated rings. The highest BCUT2D eigenvalue weighted by Gasteiger charge is 2.38. The number of hydrogen-bond donors (Lipinski definition) is 3. The number of nitrogen functional groups attached to an aromatic ring is 1. The first-order valence-electron chi connectivity index (χ1n) is 9.10. The van der Waals surface area contributed by atoms with Crippen LogP contribution in [0, 0.1) is 6.92 Å². The molecule has 3 rings (SSSR count). The number of anilines is 3. The summed E-state index contributed by atoms with van der Waals surface area (Å²) in [6.45, 7) is 3.61. The number of nitrogens with two attached hydrogens (primary N) is 1. The number of pyridine rings is 1. The predicted molar refractivity (Wildman–Crippen MR) is 108 cm³/mol. The maximum atomic E-state index is 12.4. The average molecular weight is 461 g/mol. The Balaban J connectivity index is 0.000000423. The number of nitrogens with zero attached hydrogens (tertiary/aromatic N) is 4. The Labute approximate surface area is 180 Å². The molecule has 0 atom stereocenters. The van der Waals surface area contributed by atoms with Crippen LogP contribution in [-0.4, -0.2) is 51.2 Å². The summed E-state index contributed by atoms with van der Waals surface area (Å²) in [5.41, 5.74) is 7.46. The van der Waals surface area contributed by atoms with Crippen molar-refractivity contribution in [2.45, 2.75) is 32.4 Å². The number of rotatable bonds is 3. The minimum absolute atomic E-state index is 0.0176. The van der Waals surface area contributed by atoms with Gasteiger partial charge in [0.15, 0.2) is 22.5 Å². The topological polar surface area (TPSA) is 134 Å². The minimum Gasteiger partial charge on any atom is -0.475 e. The molecule has 13 heteroatoms. The van der Waals surface area contributed by atoms with E-state index in [1.807, 2.05) is 6.92 Å². The van der Waals surface area contributed by atoms with E-state index in [1.165, 1.54) is 6.42 Å². The molecule has 168 valence electrons. The Hall–Kier alpha value is -3.15. The van der Waals surface area contributed by atoms with Gasteiger partial charge >= 0.3 is 12.1 Å². The molecule has 0 saturated carbocycles. The summed E-state index contributed by atoms with van der Waals surface area (Å²) >= 11 is 6.25. The molecule has 0 aliphatic carbocycles. The van der Waals surface area contributed by atoms with E-state index in [0.29, 0.717) is 11.5 Å². The highest BCUT2D eigenvalue weighted by molar-refractivity contribution is 6.32. The van der Waals surface area contributed by atoms with Crippen LogP contribution in [0.15, 0.2) is 18.5 Å². The molecule has 1 saturated heterocycles. The Kier molecular flexibility index (Phi) is 7.97. The molecule has 1 aliphatic heterocycles. The molecular weight excluding hydrogens is 441 g/mol. The highest BCUT2D eigenvalue weighted by atomic mass is 35.5. The number of nitrogens with one attached hydrogen (secondary N) is 1. The second-order valence-corrected chi connectivity index (χ2v) is 6.93. The monoisotopic (exact) mass is 460 g/mol. The van der Waals surface area contributed by atoms with Crippen molar-refractivity contribution in [3.8, 4) is 0 Å². The van der Waals surface area contributed by atoms with Crippen LogP contribution >= 0.6 is 11.6 Å². The number of alkyl halides is 3. The number of carbonyl (C=O) groups excluding carboxylic acids is 1. The summed E-state index contributed by atoms with van der Waals surface area (Å²) in [7, 11) is 0. The molecule has 0 bridgehead atoms. The summed E-state index contributed by atoms with van der Waals surface area (Å²) in [6, 6.07) is 1.80. The molecule has 31 heavy (non-hydrogen) atoms. The Morgan fingerprint density at radius 2 is 1.84 bits per heavy atom. The number of amides is 1. The molecule has 1 amide bonds. The Bertz CT molecular complexity index is 952. The summed E-state index contributed by atoms with van der Waals surface area (Å²) in [5, 5.41) is 10.1. The molecule has 2 aromatic rings. The van der Waals surface area contributed by atoms with Gasteiger partial charge in [-0.15, -0.1) is 0 Å². The van der Waals surface area contributed by atoms with Crippen LogP contribution in [0.1, 0.15) is 35.3 Å². The number of aryl methyl sites for hydroxylation is 1. The van der Waals surface area contributed by atoms with Gasteiger partial charge < -0.3 is 21.1 Å². The first-order chi connectivity index (χ1) is 14.5. The predicted octanol–water partition coefficient (Wildman–Crippen LogP) is 3.29. The lowest BCUT2D eigenvalue weighted by Gasteiger charge is -2.28. The van der Waals surface area contributed by atoms with E-state index in [4.69, 9.17) is 27.2 Å². The van der Waals surface area contributed by atoms with Crippen molar-refractivity contribution in [2.75, 3.05) is 29.0 Å². The minimum atomic E-state index is -5.08. The third-order valence-electron chi connectivity index (χ3n) is 4.26. The number of aliphatic carboxylic acids is 1. The zero-order valence-electron chi connectivity index (χ0n) is 16.4. The number of carbonyl (C=O) groups is 2. The maximum absolute atomic E-state index is 12.4. The lowest BCUT2D eigenvalue weighted by molar-refractivity contribution is -0.192. The largest absolute Gasteiger partial charge is 0.490 e. The fourth-order valence-electron chi connectivity index (χ4n) is 2.67. The van der Waals surface area contributed by atoms with Gasteiger partial charge in [-0.25, -0.2) is 14.8 Å². The summed E-state index contributed by atoms with van der Waals surface area (Å²) in [6.07, 6.45) is 1.51. The average Bonchev–Trinajstić information content (AvgIpc) is 2.71. The SMILES string of the molecule is Cc1ccncc1NC(=O)c1nc(Cl)c(N2CCCCC2)nc1N.O=C(O)C(F)(F)F. The lowest BCUT2D eigenvalue weighted by atomic mass is 10.1. The van der Waals surface area contributed by atoms with Gasteiger partial charge in [-0.2, -0.15) is 13.2 Å². The van der Waals surface area contributed by atoms with Crippen molar-refractivity contribution in [1.82, 2.24) is 15.0 Å². The molecule has 2 aromatic heterocycles. The molecule has 0 spiro atoms. The summed E-state index contributed by atoms with van der Waals surface area (Å²) in [4.78, 5) is 35.9. The number of aromatic nitrogens is 3. The molecule has 3 heterocycles. The fraction of sp³-hybridized carbons (Fsp3) is 0.389. The molecule has 0 radical (unpaired) electrons. The van der Waals surface area contributed by atoms with E-state index in [2.05, 4.69) is 25.2 Å².